The first-order valence-electron chi connectivity index (χ1n) is 9.58. The zero-order chi connectivity index (χ0) is 19.2. The number of hydrogen-bond acceptors (Lipinski definition) is 6. The van der Waals surface area contributed by atoms with Gasteiger partial charge in [-0.15, -0.1) is 0 Å². The van der Waals surface area contributed by atoms with E-state index in [0.29, 0.717) is 5.95 Å². The van der Waals surface area contributed by atoms with Crippen LogP contribution in [0.4, 0.5) is 17.5 Å². The molecule has 4 rings (SSSR count). The Morgan fingerprint density at radius 1 is 1.18 bits per heavy atom. The Labute approximate surface area is 173 Å². The van der Waals surface area contributed by atoms with Crippen molar-refractivity contribution in [1.82, 2.24) is 24.8 Å². The lowest BCUT2D eigenvalue weighted by Gasteiger charge is -2.15. The van der Waals surface area contributed by atoms with Gasteiger partial charge in [-0.25, -0.2) is 9.97 Å². The number of nitrogens with zero attached hydrogens (tertiary/aromatic N) is 4. The van der Waals surface area contributed by atoms with Gasteiger partial charge in [0, 0.05) is 43.3 Å². The molecule has 2 aromatic heterocycles. The number of hydrogen-bond donors (Lipinski definition) is 3. The van der Waals surface area contributed by atoms with Crippen LogP contribution in [-0.4, -0.2) is 44.5 Å². The summed E-state index contributed by atoms with van der Waals surface area (Å²) in [5.41, 5.74) is 3.40. The second-order valence-electron chi connectivity index (χ2n) is 6.95. The molecule has 0 spiro atoms. The fourth-order valence-electron chi connectivity index (χ4n) is 3.36. The Balaban J connectivity index is 1.38. The van der Waals surface area contributed by atoms with E-state index in [1.807, 2.05) is 12.3 Å². The van der Waals surface area contributed by atoms with Gasteiger partial charge in [0.05, 0.1) is 10.8 Å². The van der Waals surface area contributed by atoms with Crippen LogP contribution in [-0.2, 0) is 13.0 Å². The van der Waals surface area contributed by atoms with Crippen molar-refractivity contribution in [2.45, 2.75) is 25.8 Å². The SMILES string of the molecule is Brc1cnc(Nc2cccc(CN3CCCC3)c2)nc1NCCc1cnc[nH]1. The van der Waals surface area contributed by atoms with Gasteiger partial charge in [0.15, 0.2) is 0 Å². The molecule has 0 bridgehead atoms. The number of anilines is 3. The zero-order valence-corrected chi connectivity index (χ0v) is 17.2. The molecule has 8 heteroatoms. The number of aromatic nitrogens is 4. The van der Waals surface area contributed by atoms with E-state index in [-0.39, 0.29) is 0 Å². The van der Waals surface area contributed by atoms with Crippen LogP contribution in [0.3, 0.4) is 0 Å². The van der Waals surface area contributed by atoms with Crippen molar-refractivity contribution in [3.8, 4) is 0 Å². The highest BCUT2D eigenvalue weighted by Gasteiger charge is 2.12. The summed E-state index contributed by atoms with van der Waals surface area (Å²) in [5.74, 6) is 1.34. The topological polar surface area (TPSA) is 81.8 Å². The highest BCUT2D eigenvalue weighted by atomic mass is 79.9. The molecule has 1 aliphatic heterocycles. The number of H-pyrrole nitrogens is 1. The molecule has 1 aliphatic rings. The lowest BCUT2D eigenvalue weighted by molar-refractivity contribution is 0.331. The molecule has 7 nitrogen and oxygen atoms in total. The highest BCUT2D eigenvalue weighted by Crippen LogP contribution is 2.23. The second-order valence-corrected chi connectivity index (χ2v) is 7.81. The number of rotatable bonds is 8. The predicted molar refractivity (Wildman–Crippen MR) is 115 cm³/mol. The third-order valence-corrected chi connectivity index (χ3v) is 5.35. The second kappa shape index (κ2) is 9.16. The van der Waals surface area contributed by atoms with Gasteiger partial charge in [0.1, 0.15) is 5.82 Å². The number of aromatic amines is 1. The number of nitrogens with one attached hydrogen (secondary N) is 3. The molecule has 3 N–H and O–H groups in total. The van der Waals surface area contributed by atoms with E-state index in [1.54, 1.807) is 12.5 Å². The first-order valence-corrected chi connectivity index (χ1v) is 10.4. The Hall–Kier alpha value is -2.45. The molecule has 1 saturated heterocycles. The van der Waals surface area contributed by atoms with Crippen LogP contribution in [0.5, 0.6) is 0 Å². The van der Waals surface area contributed by atoms with Crippen molar-refractivity contribution in [1.29, 1.82) is 0 Å². The smallest absolute Gasteiger partial charge is 0.229 e. The number of halogens is 1. The van der Waals surface area contributed by atoms with E-state index >= 15 is 0 Å². The van der Waals surface area contributed by atoms with E-state index in [0.717, 1.165) is 41.2 Å². The molecular weight excluding hydrogens is 418 g/mol. The van der Waals surface area contributed by atoms with Crippen LogP contribution in [0.25, 0.3) is 0 Å². The molecule has 3 heterocycles. The Bertz CT molecular complexity index is 891. The quantitative estimate of drug-likeness (QED) is 0.490. The molecule has 28 heavy (non-hydrogen) atoms. The molecule has 0 radical (unpaired) electrons. The first kappa shape index (κ1) is 18.9. The van der Waals surface area contributed by atoms with Gasteiger partial charge in [-0.1, -0.05) is 12.1 Å². The number of likely N-dealkylation sites (tertiary alicyclic amines) is 1. The van der Waals surface area contributed by atoms with Crippen molar-refractivity contribution in [2.24, 2.45) is 0 Å². The molecule has 0 atom stereocenters. The van der Waals surface area contributed by atoms with Crippen molar-refractivity contribution < 1.29 is 0 Å². The summed E-state index contributed by atoms with van der Waals surface area (Å²) in [6.07, 6.45) is 8.75. The van der Waals surface area contributed by atoms with Crippen LogP contribution >= 0.6 is 15.9 Å². The fourth-order valence-corrected chi connectivity index (χ4v) is 3.69. The summed E-state index contributed by atoms with van der Waals surface area (Å²) >= 11 is 3.51. The maximum Gasteiger partial charge on any atom is 0.229 e. The van der Waals surface area contributed by atoms with E-state index < -0.39 is 0 Å². The van der Waals surface area contributed by atoms with Crippen LogP contribution in [0.15, 0.2) is 47.5 Å². The maximum atomic E-state index is 4.60. The highest BCUT2D eigenvalue weighted by molar-refractivity contribution is 9.10. The Morgan fingerprint density at radius 2 is 2.07 bits per heavy atom. The average molecular weight is 442 g/mol. The molecular formula is C20H24BrN7. The van der Waals surface area contributed by atoms with Gasteiger partial charge < -0.3 is 15.6 Å². The maximum absolute atomic E-state index is 4.60. The first-order chi connectivity index (χ1) is 13.8. The van der Waals surface area contributed by atoms with Gasteiger partial charge in [-0.3, -0.25) is 4.90 Å². The van der Waals surface area contributed by atoms with Crippen molar-refractivity contribution in [3.63, 3.8) is 0 Å². The van der Waals surface area contributed by atoms with Crippen molar-refractivity contribution in [3.05, 3.63) is 58.7 Å². The molecule has 1 aromatic carbocycles. The van der Waals surface area contributed by atoms with Gasteiger partial charge in [-0.05, 0) is 59.6 Å². The summed E-state index contributed by atoms with van der Waals surface area (Å²) < 4.78 is 0.838. The Kier molecular flexibility index (Phi) is 6.18. The fraction of sp³-hybridized carbons (Fsp3) is 0.350. The van der Waals surface area contributed by atoms with E-state index in [2.05, 4.69) is 69.6 Å². The zero-order valence-electron chi connectivity index (χ0n) is 15.7. The summed E-state index contributed by atoms with van der Waals surface area (Å²) in [5, 5.41) is 6.67. The number of imidazole rings is 1. The molecule has 0 aliphatic carbocycles. The molecule has 0 amide bonds. The van der Waals surface area contributed by atoms with E-state index in [9.17, 15) is 0 Å². The van der Waals surface area contributed by atoms with Gasteiger partial charge in [0.25, 0.3) is 0 Å². The molecule has 1 fully saturated rings. The van der Waals surface area contributed by atoms with Crippen molar-refractivity contribution in [2.75, 3.05) is 30.3 Å². The monoisotopic (exact) mass is 441 g/mol. The third-order valence-electron chi connectivity index (χ3n) is 4.77. The third kappa shape index (κ3) is 5.08. The normalized spacial score (nSPS) is 14.3. The molecule has 0 unspecified atom stereocenters. The molecule has 146 valence electrons. The van der Waals surface area contributed by atoms with Crippen LogP contribution < -0.4 is 10.6 Å². The largest absolute Gasteiger partial charge is 0.369 e. The standard InChI is InChI=1S/C20H24BrN7/c21-18-12-24-20(27-19(18)23-7-6-17-11-22-14-25-17)26-16-5-3-4-15(10-16)13-28-8-1-2-9-28/h3-5,10-12,14H,1-2,6-9,13H2,(H,22,25)(H2,23,24,26,27). The number of benzene rings is 1. The van der Waals surface area contributed by atoms with Gasteiger partial charge in [0.2, 0.25) is 5.95 Å². The summed E-state index contributed by atoms with van der Waals surface area (Å²) in [4.78, 5) is 18.6. The van der Waals surface area contributed by atoms with Crippen LogP contribution in [0, 0.1) is 0 Å². The van der Waals surface area contributed by atoms with Gasteiger partial charge in [-0.2, -0.15) is 4.98 Å². The van der Waals surface area contributed by atoms with E-state index in [1.165, 1.54) is 31.5 Å². The summed E-state index contributed by atoms with van der Waals surface area (Å²) in [7, 11) is 0. The lowest BCUT2D eigenvalue weighted by atomic mass is 10.2. The summed E-state index contributed by atoms with van der Waals surface area (Å²) in [6, 6.07) is 8.48. The van der Waals surface area contributed by atoms with Crippen LogP contribution in [0.2, 0.25) is 0 Å². The Morgan fingerprint density at radius 3 is 2.89 bits per heavy atom. The minimum Gasteiger partial charge on any atom is -0.369 e. The average Bonchev–Trinajstić information content (AvgIpc) is 3.39. The van der Waals surface area contributed by atoms with Gasteiger partial charge >= 0.3 is 0 Å². The molecule has 0 saturated carbocycles. The van der Waals surface area contributed by atoms with Crippen LogP contribution in [0.1, 0.15) is 24.1 Å². The van der Waals surface area contributed by atoms with Crippen molar-refractivity contribution >= 4 is 33.4 Å². The lowest BCUT2D eigenvalue weighted by Crippen LogP contribution is -2.18. The van der Waals surface area contributed by atoms with E-state index in [4.69, 9.17) is 0 Å². The minimum absolute atomic E-state index is 0.575. The summed E-state index contributed by atoms with van der Waals surface area (Å²) in [6.45, 7) is 4.14. The minimum atomic E-state index is 0.575. The molecule has 3 aromatic rings. The predicted octanol–water partition coefficient (Wildman–Crippen LogP) is 3.96.